The normalized spacial score (nSPS) is 11.8. The van der Waals surface area contributed by atoms with Gasteiger partial charge in [-0.3, -0.25) is 10.1 Å². The number of benzene rings is 1. The molecule has 0 aromatic heterocycles. The van der Waals surface area contributed by atoms with Gasteiger partial charge in [0, 0.05) is 13.0 Å². The molecule has 4 nitrogen and oxygen atoms in total. The number of nitro benzene ring substituents is 1. The zero-order valence-electron chi connectivity index (χ0n) is 8.02. The van der Waals surface area contributed by atoms with E-state index in [0.29, 0.717) is 5.56 Å². The number of aryl methyl sites for hydroxylation is 1. The minimum atomic E-state index is -0.461. The van der Waals surface area contributed by atoms with E-state index in [1.807, 2.05) is 0 Å². The standard InChI is InChI=1S/C10H10N2O2/c1-7-5-4-6-9(12(13)14)10(7)8(2)11-3/h4-6,8H,1-2H3. The SMILES string of the molecule is [C-]#[N+]C(C)c1c(C)cccc1[N+](=O)[O-]. The first-order valence-corrected chi connectivity index (χ1v) is 4.18. The third-order valence-corrected chi connectivity index (χ3v) is 2.11. The number of nitro groups is 1. The lowest BCUT2D eigenvalue weighted by Gasteiger charge is -2.04. The molecule has 0 heterocycles. The predicted molar refractivity (Wildman–Crippen MR) is 52.9 cm³/mol. The molecule has 0 N–H and O–H groups in total. The van der Waals surface area contributed by atoms with E-state index in [4.69, 9.17) is 6.57 Å². The number of hydrogen-bond donors (Lipinski definition) is 0. The Balaban J connectivity index is 3.38. The van der Waals surface area contributed by atoms with Crippen molar-refractivity contribution >= 4 is 5.69 Å². The smallest absolute Gasteiger partial charge is 0.280 e. The van der Waals surface area contributed by atoms with Crippen LogP contribution >= 0.6 is 0 Å². The van der Waals surface area contributed by atoms with E-state index in [1.54, 1.807) is 26.0 Å². The summed E-state index contributed by atoms with van der Waals surface area (Å²) in [6.45, 7) is 10.3. The Morgan fingerprint density at radius 2 is 2.21 bits per heavy atom. The first-order chi connectivity index (χ1) is 6.57. The van der Waals surface area contributed by atoms with Gasteiger partial charge in [0.1, 0.15) is 5.56 Å². The van der Waals surface area contributed by atoms with Crippen LogP contribution in [-0.2, 0) is 0 Å². The van der Waals surface area contributed by atoms with Gasteiger partial charge in [0.15, 0.2) is 0 Å². The summed E-state index contributed by atoms with van der Waals surface area (Å²) in [7, 11) is 0. The van der Waals surface area contributed by atoms with Gasteiger partial charge in [-0.2, -0.15) is 0 Å². The molecule has 0 spiro atoms. The number of hydrogen-bond acceptors (Lipinski definition) is 2. The summed E-state index contributed by atoms with van der Waals surface area (Å²) in [5, 5.41) is 10.7. The molecule has 1 aromatic carbocycles. The summed E-state index contributed by atoms with van der Waals surface area (Å²) in [4.78, 5) is 13.6. The maximum absolute atomic E-state index is 10.7. The molecule has 14 heavy (non-hydrogen) atoms. The molecule has 0 aliphatic carbocycles. The van der Waals surface area contributed by atoms with Gasteiger partial charge < -0.3 is 4.85 Å². The van der Waals surface area contributed by atoms with Gasteiger partial charge in [-0.1, -0.05) is 12.1 Å². The molecule has 1 atom stereocenters. The average Bonchev–Trinajstić information content (AvgIpc) is 2.16. The van der Waals surface area contributed by atoms with Gasteiger partial charge in [0.2, 0.25) is 0 Å². The fraction of sp³-hybridized carbons (Fsp3) is 0.300. The zero-order valence-corrected chi connectivity index (χ0v) is 8.02. The first kappa shape index (κ1) is 10.2. The van der Waals surface area contributed by atoms with Gasteiger partial charge in [0.25, 0.3) is 11.7 Å². The molecule has 1 rings (SSSR count). The second-order valence-electron chi connectivity index (χ2n) is 3.07. The molecule has 72 valence electrons. The molecule has 0 radical (unpaired) electrons. The van der Waals surface area contributed by atoms with Crippen molar-refractivity contribution in [2.24, 2.45) is 0 Å². The van der Waals surface area contributed by atoms with Crippen LogP contribution in [0.3, 0.4) is 0 Å². The van der Waals surface area contributed by atoms with E-state index < -0.39 is 11.0 Å². The molecule has 0 aliphatic heterocycles. The van der Waals surface area contributed by atoms with Crippen molar-refractivity contribution < 1.29 is 4.92 Å². The van der Waals surface area contributed by atoms with Crippen molar-refractivity contribution in [2.75, 3.05) is 0 Å². The molecule has 0 fully saturated rings. The Hall–Kier alpha value is -1.89. The molecule has 0 bridgehead atoms. The topological polar surface area (TPSA) is 47.5 Å². The van der Waals surface area contributed by atoms with Gasteiger partial charge >= 0.3 is 0 Å². The Morgan fingerprint density at radius 1 is 1.57 bits per heavy atom. The van der Waals surface area contributed by atoms with E-state index >= 15 is 0 Å². The minimum Gasteiger partial charge on any atom is -0.308 e. The van der Waals surface area contributed by atoms with Crippen LogP contribution in [0.1, 0.15) is 24.1 Å². The van der Waals surface area contributed by atoms with Crippen LogP contribution in [0.4, 0.5) is 5.69 Å². The average molecular weight is 190 g/mol. The van der Waals surface area contributed by atoms with Crippen molar-refractivity contribution in [1.82, 2.24) is 0 Å². The summed E-state index contributed by atoms with van der Waals surface area (Å²) in [5.41, 5.74) is 1.35. The highest BCUT2D eigenvalue weighted by molar-refractivity contribution is 5.47. The van der Waals surface area contributed by atoms with Crippen molar-refractivity contribution in [2.45, 2.75) is 19.9 Å². The maximum Gasteiger partial charge on any atom is 0.280 e. The Bertz CT molecular complexity index is 407. The third-order valence-electron chi connectivity index (χ3n) is 2.11. The van der Waals surface area contributed by atoms with Crippen LogP contribution < -0.4 is 0 Å². The highest BCUT2D eigenvalue weighted by Crippen LogP contribution is 2.30. The van der Waals surface area contributed by atoms with Gasteiger partial charge in [-0.05, 0) is 12.5 Å². The van der Waals surface area contributed by atoms with Gasteiger partial charge in [-0.25, -0.2) is 6.57 Å². The monoisotopic (exact) mass is 190 g/mol. The molecule has 0 saturated heterocycles. The Kier molecular flexibility index (Phi) is 2.82. The molecule has 0 aliphatic rings. The second-order valence-corrected chi connectivity index (χ2v) is 3.07. The summed E-state index contributed by atoms with van der Waals surface area (Å²) >= 11 is 0. The van der Waals surface area contributed by atoms with Crippen LogP contribution in [-0.4, -0.2) is 4.92 Å². The first-order valence-electron chi connectivity index (χ1n) is 4.18. The fourth-order valence-corrected chi connectivity index (χ4v) is 1.43. The lowest BCUT2D eigenvalue weighted by molar-refractivity contribution is -0.385. The minimum absolute atomic E-state index is 0.0356. The van der Waals surface area contributed by atoms with Crippen molar-refractivity contribution in [3.8, 4) is 0 Å². The van der Waals surface area contributed by atoms with Crippen LogP contribution in [0.15, 0.2) is 18.2 Å². The number of rotatable bonds is 2. The van der Waals surface area contributed by atoms with E-state index in [2.05, 4.69) is 4.85 Å². The molecule has 1 unspecified atom stereocenters. The Labute approximate surface area is 82.1 Å². The lowest BCUT2D eigenvalue weighted by Crippen LogP contribution is -1.99. The molecule has 0 saturated carbocycles. The third kappa shape index (κ3) is 1.72. The molecule has 0 amide bonds. The van der Waals surface area contributed by atoms with Gasteiger partial charge in [0.05, 0.1) is 4.92 Å². The van der Waals surface area contributed by atoms with Crippen molar-refractivity contribution in [3.05, 3.63) is 50.9 Å². The summed E-state index contributed by atoms with van der Waals surface area (Å²) in [5.74, 6) is 0. The number of nitrogens with zero attached hydrogens (tertiary/aromatic N) is 2. The van der Waals surface area contributed by atoms with E-state index in [1.165, 1.54) is 6.07 Å². The van der Waals surface area contributed by atoms with E-state index in [-0.39, 0.29) is 5.69 Å². The highest BCUT2D eigenvalue weighted by atomic mass is 16.6. The largest absolute Gasteiger partial charge is 0.308 e. The summed E-state index contributed by atoms with van der Waals surface area (Å²) < 4.78 is 0. The van der Waals surface area contributed by atoms with E-state index in [9.17, 15) is 10.1 Å². The predicted octanol–water partition coefficient (Wildman–Crippen LogP) is 2.88. The van der Waals surface area contributed by atoms with Gasteiger partial charge in [-0.15, -0.1) is 0 Å². The van der Waals surface area contributed by atoms with Crippen LogP contribution in [0.5, 0.6) is 0 Å². The molecular weight excluding hydrogens is 180 g/mol. The zero-order chi connectivity index (χ0) is 10.7. The molecule has 1 aromatic rings. The summed E-state index contributed by atoms with van der Waals surface area (Å²) in [6.07, 6.45) is 0. The fourth-order valence-electron chi connectivity index (χ4n) is 1.43. The van der Waals surface area contributed by atoms with Crippen LogP contribution in [0.25, 0.3) is 4.85 Å². The highest BCUT2D eigenvalue weighted by Gasteiger charge is 2.23. The van der Waals surface area contributed by atoms with Crippen molar-refractivity contribution in [3.63, 3.8) is 0 Å². The lowest BCUT2D eigenvalue weighted by atomic mass is 10.0. The Morgan fingerprint density at radius 3 is 2.71 bits per heavy atom. The van der Waals surface area contributed by atoms with Crippen LogP contribution in [0, 0.1) is 23.6 Å². The quantitative estimate of drug-likeness (QED) is 0.409. The maximum atomic E-state index is 10.7. The van der Waals surface area contributed by atoms with Crippen LogP contribution in [0.2, 0.25) is 0 Å². The molecular formula is C10H10N2O2. The van der Waals surface area contributed by atoms with E-state index in [0.717, 1.165) is 5.56 Å². The summed E-state index contributed by atoms with van der Waals surface area (Å²) in [6, 6.07) is 4.39. The molecule has 4 heteroatoms. The van der Waals surface area contributed by atoms with Crippen molar-refractivity contribution in [1.29, 1.82) is 0 Å². The second kappa shape index (κ2) is 3.88.